The van der Waals surface area contributed by atoms with Crippen LogP contribution >= 0.6 is 11.3 Å². The minimum atomic E-state index is 0.618. The topological polar surface area (TPSA) is 51.6 Å². The standard InChI is InChI=1S/C54H32N4S/c1-3-14-33(15-4-1)52-56-53(34-16-5-2-6-17-34)58-54(57-52)38-19-13-18-37(30-38)50-49-44-24-11-12-25-48(44)59-51(49)46-32-36(27-29-47(46)55-50)35-26-28-43-41-22-8-7-20-39(41)40-21-9-10-23-42(40)45(43)31-35/h1-32H. The van der Waals surface area contributed by atoms with Gasteiger partial charge in [0.2, 0.25) is 0 Å². The van der Waals surface area contributed by atoms with E-state index in [4.69, 9.17) is 19.9 Å². The predicted molar refractivity (Wildman–Crippen MR) is 248 cm³/mol. The molecule has 4 nitrogen and oxygen atoms in total. The lowest BCUT2D eigenvalue weighted by atomic mass is 9.92. The van der Waals surface area contributed by atoms with Gasteiger partial charge in [-0.25, -0.2) is 19.9 Å². The van der Waals surface area contributed by atoms with Gasteiger partial charge in [-0.05, 0) is 73.8 Å². The van der Waals surface area contributed by atoms with E-state index in [9.17, 15) is 0 Å². The molecular formula is C54H32N4S. The Kier molecular flexibility index (Phi) is 7.68. The van der Waals surface area contributed by atoms with Crippen molar-refractivity contribution < 1.29 is 0 Å². The summed E-state index contributed by atoms with van der Waals surface area (Å²) in [5, 5.41) is 11.2. The van der Waals surface area contributed by atoms with E-state index in [0.29, 0.717) is 17.5 Å². The van der Waals surface area contributed by atoms with E-state index >= 15 is 0 Å². The lowest BCUT2D eigenvalue weighted by Crippen LogP contribution is -2.00. The van der Waals surface area contributed by atoms with E-state index in [2.05, 4.69) is 133 Å². The van der Waals surface area contributed by atoms with Crippen molar-refractivity contribution in [2.24, 2.45) is 0 Å². The van der Waals surface area contributed by atoms with Crippen LogP contribution in [0.5, 0.6) is 0 Å². The summed E-state index contributed by atoms with van der Waals surface area (Å²) < 4.78 is 2.47. The molecule has 0 amide bonds. The second kappa shape index (κ2) is 13.5. The molecule has 0 saturated carbocycles. The lowest BCUT2D eigenvalue weighted by molar-refractivity contribution is 1.07. The fraction of sp³-hybridized carbons (Fsp3) is 0. The van der Waals surface area contributed by atoms with E-state index in [1.807, 2.05) is 72.0 Å². The maximum Gasteiger partial charge on any atom is 0.164 e. The lowest BCUT2D eigenvalue weighted by Gasteiger charge is -2.13. The zero-order valence-electron chi connectivity index (χ0n) is 31.7. The molecule has 0 aliphatic rings. The molecule has 0 radical (unpaired) electrons. The molecule has 59 heavy (non-hydrogen) atoms. The molecule has 9 aromatic carbocycles. The minimum absolute atomic E-state index is 0.618. The van der Waals surface area contributed by atoms with Gasteiger partial charge in [-0.1, -0.05) is 164 Å². The average Bonchev–Trinajstić information content (AvgIpc) is 3.72. The number of thiophene rings is 1. The van der Waals surface area contributed by atoms with Crippen LogP contribution in [0.25, 0.3) is 120 Å². The van der Waals surface area contributed by atoms with Crippen molar-refractivity contribution in [3.8, 4) is 56.5 Å². The molecule has 5 heteroatoms. The third kappa shape index (κ3) is 5.58. The van der Waals surface area contributed by atoms with Gasteiger partial charge in [-0.3, -0.25) is 0 Å². The van der Waals surface area contributed by atoms with Gasteiger partial charge in [0.1, 0.15) is 0 Å². The van der Waals surface area contributed by atoms with E-state index in [-0.39, 0.29) is 0 Å². The largest absolute Gasteiger partial charge is 0.247 e. The van der Waals surface area contributed by atoms with Crippen LogP contribution < -0.4 is 0 Å². The fourth-order valence-electron chi connectivity index (χ4n) is 8.68. The van der Waals surface area contributed by atoms with E-state index < -0.39 is 0 Å². The molecule has 0 aliphatic carbocycles. The first-order valence-electron chi connectivity index (χ1n) is 19.8. The van der Waals surface area contributed by atoms with Gasteiger partial charge in [0.25, 0.3) is 0 Å². The molecule has 0 bridgehead atoms. The first-order chi connectivity index (χ1) is 29.2. The van der Waals surface area contributed by atoms with Crippen LogP contribution in [0.15, 0.2) is 194 Å². The molecular weight excluding hydrogens is 737 g/mol. The van der Waals surface area contributed by atoms with Crippen molar-refractivity contribution in [3.05, 3.63) is 194 Å². The Morgan fingerprint density at radius 2 is 0.763 bits per heavy atom. The van der Waals surface area contributed by atoms with Crippen LogP contribution in [0.3, 0.4) is 0 Å². The number of fused-ring (bicyclic) bond motifs is 11. The van der Waals surface area contributed by atoms with Crippen molar-refractivity contribution in [2.45, 2.75) is 0 Å². The second-order valence-electron chi connectivity index (χ2n) is 15.0. The predicted octanol–water partition coefficient (Wildman–Crippen LogP) is 14.6. The normalized spacial score (nSPS) is 11.7. The van der Waals surface area contributed by atoms with Gasteiger partial charge in [0, 0.05) is 47.8 Å². The highest BCUT2D eigenvalue weighted by Gasteiger charge is 2.19. The maximum atomic E-state index is 5.47. The van der Waals surface area contributed by atoms with Crippen molar-refractivity contribution >= 4 is 74.7 Å². The van der Waals surface area contributed by atoms with Crippen LogP contribution in [0.4, 0.5) is 0 Å². The van der Waals surface area contributed by atoms with Gasteiger partial charge in [-0.2, -0.15) is 0 Å². The summed E-state index contributed by atoms with van der Waals surface area (Å²) >= 11 is 1.84. The van der Waals surface area contributed by atoms with Gasteiger partial charge in [-0.15, -0.1) is 11.3 Å². The van der Waals surface area contributed by atoms with Crippen LogP contribution in [-0.2, 0) is 0 Å². The summed E-state index contributed by atoms with van der Waals surface area (Å²) in [6, 6.07) is 68.6. The van der Waals surface area contributed by atoms with Crippen LogP contribution in [0, 0.1) is 0 Å². The van der Waals surface area contributed by atoms with Crippen molar-refractivity contribution in [1.29, 1.82) is 0 Å². The van der Waals surface area contributed by atoms with Crippen LogP contribution in [-0.4, -0.2) is 19.9 Å². The summed E-state index contributed by atoms with van der Waals surface area (Å²) in [6.07, 6.45) is 0. The number of rotatable bonds is 5. The van der Waals surface area contributed by atoms with Crippen molar-refractivity contribution in [3.63, 3.8) is 0 Å². The molecule has 0 unspecified atom stereocenters. The van der Waals surface area contributed by atoms with Crippen LogP contribution in [0.1, 0.15) is 0 Å². The zero-order valence-corrected chi connectivity index (χ0v) is 32.5. The van der Waals surface area contributed by atoms with E-state index in [1.165, 1.54) is 58.2 Å². The Morgan fingerprint density at radius 3 is 1.41 bits per heavy atom. The van der Waals surface area contributed by atoms with Crippen molar-refractivity contribution in [1.82, 2.24) is 19.9 Å². The number of hydrogen-bond acceptors (Lipinski definition) is 5. The zero-order chi connectivity index (χ0) is 38.9. The highest BCUT2D eigenvalue weighted by Crippen LogP contribution is 2.45. The number of benzene rings is 9. The molecule has 0 saturated heterocycles. The Hall–Kier alpha value is -7.60. The van der Waals surface area contributed by atoms with Gasteiger partial charge < -0.3 is 0 Å². The Morgan fingerprint density at radius 1 is 0.288 bits per heavy atom. The van der Waals surface area contributed by atoms with Gasteiger partial charge in [0.15, 0.2) is 17.5 Å². The summed E-state index contributed by atoms with van der Waals surface area (Å²) in [7, 11) is 0. The third-order valence-corrected chi connectivity index (χ3v) is 12.7. The smallest absolute Gasteiger partial charge is 0.164 e. The summed E-state index contributed by atoms with van der Waals surface area (Å²) in [6.45, 7) is 0. The summed E-state index contributed by atoms with van der Waals surface area (Å²) in [4.78, 5) is 20.5. The first-order valence-corrected chi connectivity index (χ1v) is 20.6. The van der Waals surface area contributed by atoms with Gasteiger partial charge in [0.05, 0.1) is 11.2 Å². The number of aromatic nitrogens is 4. The summed E-state index contributed by atoms with van der Waals surface area (Å²) in [5.41, 5.74) is 8.07. The highest BCUT2D eigenvalue weighted by molar-refractivity contribution is 7.26. The molecule has 0 aliphatic heterocycles. The quantitative estimate of drug-likeness (QED) is 0.164. The van der Waals surface area contributed by atoms with Crippen LogP contribution in [0.2, 0.25) is 0 Å². The fourth-order valence-corrected chi connectivity index (χ4v) is 9.91. The maximum absolute atomic E-state index is 5.47. The molecule has 274 valence electrons. The molecule has 12 aromatic rings. The minimum Gasteiger partial charge on any atom is -0.247 e. The highest BCUT2D eigenvalue weighted by atomic mass is 32.1. The Balaban J connectivity index is 1.03. The molecule has 3 aromatic heterocycles. The number of hydrogen-bond donors (Lipinski definition) is 0. The second-order valence-corrected chi connectivity index (χ2v) is 16.0. The number of nitrogens with zero attached hydrogens (tertiary/aromatic N) is 4. The molecule has 0 spiro atoms. The monoisotopic (exact) mass is 768 g/mol. The van der Waals surface area contributed by atoms with E-state index in [1.54, 1.807) is 0 Å². The van der Waals surface area contributed by atoms with E-state index in [0.717, 1.165) is 44.2 Å². The first kappa shape index (κ1) is 33.5. The molecule has 0 fully saturated rings. The SMILES string of the molecule is c1ccc(-c2nc(-c3ccccc3)nc(-c3cccc(-c4nc5ccc(-c6ccc7c8ccccc8c8ccccc8c7c6)cc5c5sc6ccccc6c45)c3)n2)cc1. The Bertz CT molecular complexity index is 3520. The average molecular weight is 769 g/mol. The van der Waals surface area contributed by atoms with Crippen molar-refractivity contribution in [2.75, 3.05) is 0 Å². The molecule has 12 rings (SSSR count). The summed E-state index contributed by atoms with van der Waals surface area (Å²) in [5.74, 6) is 1.89. The number of pyridine rings is 1. The van der Waals surface area contributed by atoms with Gasteiger partial charge >= 0.3 is 0 Å². The molecule has 0 atom stereocenters. The molecule has 0 N–H and O–H groups in total. The molecule has 3 heterocycles. The Labute approximate surface area is 343 Å². The third-order valence-electron chi connectivity index (χ3n) is 11.5.